The predicted molar refractivity (Wildman–Crippen MR) is 90.3 cm³/mol. The van der Waals surface area contributed by atoms with Crippen molar-refractivity contribution in [3.8, 4) is 11.9 Å². The van der Waals surface area contributed by atoms with Crippen molar-refractivity contribution in [1.29, 1.82) is 5.26 Å². The molecule has 1 unspecified atom stereocenters. The van der Waals surface area contributed by atoms with E-state index in [1.807, 2.05) is 19.9 Å². The van der Waals surface area contributed by atoms with Gasteiger partial charge < -0.3 is 5.11 Å². The fraction of sp³-hybridized carbons (Fsp3) is 0.667. The Hall–Kier alpha value is -1.80. The highest BCUT2D eigenvalue weighted by atomic mass is 16.3. The van der Waals surface area contributed by atoms with E-state index in [4.69, 9.17) is 0 Å². The van der Waals surface area contributed by atoms with Crippen molar-refractivity contribution < 1.29 is 5.11 Å². The maximum Gasteiger partial charge on any atom is 0.271 e. The summed E-state index contributed by atoms with van der Waals surface area (Å²) in [6.07, 6.45) is 2.38. The van der Waals surface area contributed by atoms with Crippen molar-refractivity contribution in [2.75, 3.05) is 13.1 Å². The molecule has 0 bridgehead atoms. The van der Waals surface area contributed by atoms with E-state index in [9.17, 15) is 15.2 Å². The van der Waals surface area contributed by atoms with Crippen LogP contribution >= 0.6 is 0 Å². The number of rotatable bonds is 4. The number of pyridine rings is 1. The first kappa shape index (κ1) is 17.6. The molecule has 0 spiro atoms. The van der Waals surface area contributed by atoms with E-state index in [2.05, 4.69) is 11.8 Å². The molecule has 1 aromatic heterocycles. The number of nitrogens with zero attached hydrogens (tertiary/aromatic N) is 3. The van der Waals surface area contributed by atoms with Gasteiger partial charge in [-0.15, -0.1) is 0 Å². The van der Waals surface area contributed by atoms with Crippen LogP contribution in [0.1, 0.15) is 50.3 Å². The van der Waals surface area contributed by atoms with Gasteiger partial charge in [-0.05, 0) is 43.7 Å². The lowest BCUT2D eigenvalue weighted by atomic mass is 9.98. The third kappa shape index (κ3) is 3.76. The van der Waals surface area contributed by atoms with Crippen molar-refractivity contribution in [2.24, 2.45) is 11.8 Å². The molecular weight excluding hydrogens is 290 g/mol. The third-order valence-electron chi connectivity index (χ3n) is 4.59. The molecule has 1 aliphatic rings. The first-order chi connectivity index (χ1) is 10.8. The lowest BCUT2D eigenvalue weighted by molar-refractivity contribution is 0.173. The second-order valence-corrected chi connectivity index (χ2v) is 7.21. The average molecular weight is 317 g/mol. The number of likely N-dealkylation sites (tertiary alicyclic amines) is 1. The molecule has 0 radical (unpaired) electrons. The van der Waals surface area contributed by atoms with E-state index < -0.39 is 0 Å². The highest BCUT2D eigenvalue weighted by molar-refractivity contribution is 5.45. The quantitative estimate of drug-likeness (QED) is 0.927. The number of piperidine rings is 1. The summed E-state index contributed by atoms with van der Waals surface area (Å²) in [5.41, 5.74) is 1.11. The first-order valence-electron chi connectivity index (χ1n) is 8.42. The SMILES string of the molecule is Cc1c(CN2CCCC(C)C2)c(O)n(CC(C)C)c(=O)c1C#N. The van der Waals surface area contributed by atoms with E-state index in [0.717, 1.165) is 25.1 Å². The Balaban J connectivity index is 2.45. The summed E-state index contributed by atoms with van der Waals surface area (Å²) in [5.74, 6) is 0.886. The lowest BCUT2D eigenvalue weighted by Gasteiger charge is -2.31. The largest absolute Gasteiger partial charge is 0.494 e. The van der Waals surface area contributed by atoms with Crippen LogP contribution < -0.4 is 5.56 Å². The van der Waals surface area contributed by atoms with E-state index in [-0.39, 0.29) is 22.9 Å². The monoisotopic (exact) mass is 317 g/mol. The maximum atomic E-state index is 12.4. The zero-order valence-corrected chi connectivity index (χ0v) is 14.6. The van der Waals surface area contributed by atoms with Gasteiger partial charge >= 0.3 is 0 Å². The van der Waals surface area contributed by atoms with Crippen LogP contribution in [0.2, 0.25) is 0 Å². The van der Waals surface area contributed by atoms with Gasteiger partial charge in [-0.3, -0.25) is 14.3 Å². The molecule has 0 aliphatic carbocycles. The van der Waals surface area contributed by atoms with Gasteiger partial charge in [-0.25, -0.2) is 0 Å². The van der Waals surface area contributed by atoms with Crippen LogP contribution in [0.25, 0.3) is 0 Å². The predicted octanol–water partition coefficient (Wildman–Crippen LogP) is 2.62. The second-order valence-electron chi connectivity index (χ2n) is 7.21. The van der Waals surface area contributed by atoms with Crippen LogP contribution in [0.4, 0.5) is 0 Å². The zero-order chi connectivity index (χ0) is 17.1. The van der Waals surface area contributed by atoms with Crippen molar-refractivity contribution in [2.45, 2.75) is 53.6 Å². The summed E-state index contributed by atoms with van der Waals surface area (Å²) in [4.78, 5) is 14.7. The minimum Gasteiger partial charge on any atom is -0.494 e. The Labute approximate surface area is 138 Å². The van der Waals surface area contributed by atoms with Gasteiger partial charge in [0.1, 0.15) is 11.6 Å². The molecule has 1 N–H and O–H groups in total. The molecule has 2 rings (SSSR count). The van der Waals surface area contributed by atoms with Crippen LogP contribution in [0.5, 0.6) is 5.88 Å². The summed E-state index contributed by atoms with van der Waals surface area (Å²) in [5, 5.41) is 20.0. The minimum absolute atomic E-state index is 0.0263. The van der Waals surface area contributed by atoms with E-state index in [1.165, 1.54) is 11.0 Å². The van der Waals surface area contributed by atoms with Gasteiger partial charge in [0.15, 0.2) is 5.88 Å². The van der Waals surface area contributed by atoms with Crippen molar-refractivity contribution in [3.05, 3.63) is 27.0 Å². The van der Waals surface area contributed by atoms with Crippen LogP contribution in [0.15, 0.2) is 4.79 Å². The van der Waals surface area contributed by atoms with Gasteiger partial charge in [0.25, 0.3) is 5.56 Å². The molecule has 0 saturated carbocycles. The Bertz CT molecular complexity index is 670. The number of nitriles is 1. The van der Waals surface area contributed by atoms with Gasteiger partial charge in [0.2, 0.25) is 0 Å². The molecule has 0 amide bonds. The standard InChI is InChI=1S/C18H27N3O2/c1-12(2)9-21-17(22)15(8-19)14(4)16(18(21)23)11-20-7-5-6-13(3)10-20/h12-13,23H,5-7,9-11H2,1-4H3. The number of hydrogen-bond donors (Lipinski definition) is 1. The fourth-order valence-corrected chi connectivity index (χ4v) is 3.38. The highest BCUT2D eigenvalue weighted by Gasteiger charge is 2.23. The minimum atomic E-state index is -0.382. The number of aromatic hydroxyl groups is 1. The molecule has 1 atom stereocenters. The van der Waals surface area contributed by atoms with Gasteiger partial charge in [0, 0.05) is 25.2 Å². The maximum absolute atomic E-state index is 12.4. The van der Waals surface area contributed by atoms with Crippen LogP contribution in [0.3, 0.4) is 0 Å². The molecule has 5 nitrogen and oxygen atoms in total. The van der Waals surface area contributed by atoms with E-state index >= 15 is 0 Å². The molecular formula is C18H27N3O2. The highest BCUT2D eigenvalue weighted by Crippen LogP contribution is 2.26. The molecule has 1 aliphatic heterocycles. The first-order valence-corrected chi connectivity index (χ1v) is 8.42. The van der Waals surface area contributed by atoms with Gasteiger partial charge in [-0.2, -0.15) is 5.26 Å². The number of hydrogen-bond acceptors (Lipinski definition) is 4. The molecule has 126 valence electrons. The Morgan fingerprint density at radius 1 is 1.43 bits per heavy atom. The fourth-order valence-electron chi connectivity index (χ4n) is 3.38. The average Bonchev–Trinajstić information content (AvgIpc) is 2.48. The third-order valence-corrected chi connectivity index (χ3v) is 4.59. The van der Waals surface area contributed by atoms with E-state index in [1.54, 1.807) is 6.92 Å². The van der Waals surface area contributed by atoms with Crippen molar-refractivity contribution in [3.63, 3.8) is 0 Å². The Morgan fingerprint density at radius 2 is 2.13 bits per heavy atom. The summed E-state index contributed by atoms with van der Waals surface area (Å²) in [6.45, 7) is 11.0. The molecule has 2 heterocycles. The van der Waals surface area contributed by atoms with Gasteiger partial charge in [0.05, 0.1) is 0 Å². The smallest absolute Gasteiger partial charge is 0.271 e. The molecule has 5 heteroatoms. The zero-order valence-electron chi connectivity index (χ0n) is 14.6. The normalized spacial score (nSPS) is 19.0. The van der Waals surface area contributed by atoms with Gasteiger partial charge in [-0.1, -0.05) is 20.8 Å². The summed E-state index contributed by atoms with van der Waals surface area (Å²) in [6, 6.07) is 2.03. The Morgan fingerprint density at radius 3 is 2.70 bits per heavy atom. The van der Waals surface area contributed by atoms with Crippen molar-refractivity contribution >= 4 is 0 Å². The summed E-state index contributed by atoms with van der Waals surface area (Å²) in [7, 11) is 0. The molecule has 23 heavy (non-hydrogen) atoms. The van der Waals surface area contributed by atoms with Crippen molar-refractivity contribution in [1.82, 2.24) is 9.47 Å². The molecule has 0 aromatic carbocycles. The lowest BCUT2D eigenvalue weighted by Crippen LogP contribution is -2.35. The number of aromatic nitrogens is 1. The van der Waals surface area contributed by atoms with Crippen LogP contribution in [0, 0.1) is 30.1 Å². The molecule has 1 saturated heterocycles. The van der Waals surface area contributed by atoms with Crippen LogP contribution in [-0.4, -0.2) is 27.7 Å². The van der Waals surface area contributed by atoms with E-state index in [0.29, 0.717) is 24.6 Å². The second kappa shape index (κ2) is 7.18. The molecule has 1 aromatic rings. The summed E-state index contributed by atoms with van der Waals surface area (Å²) < 4.78 is 1.36. The van der Waals surface area contributed by atoms with Crippen LogP contribution in [-0.2, 0) is 13.1 Å². The Kier molecular flexibility index (Phi) is 5.48. The topological polar surface area (TPSA) is 69.3 Å². The summed E-state index contributed by atoms with van der Waals surface area (Å²) >= 11 is 0. The molecule has 1 fully saturated rings.